The monoisotopic (exact) mass is 1700 g/mol. The van der Waals surface area contributed by atoms with Crippen LogP contribution in [0.1, 0.15) is 112 Å². The molecule has 32 nitrogen and oxygen atoms in total. The zero-order valence-electron chi connectivity index (χ0n) is 69.8. The van der Waals surface area contributed by atoms with E-state index in [-0.39, 0.29) is 57.6 Å². The number of hydrogen-bond donors (Lipinski definition) is 2. The molecule has 10 rings (SSSR count). The minimum atomic E-state index is -1.25. The molecular formula is C87H112O32S. The summed E-state index contributed by atoms with van der Waals surface area (Å²) in [5.41, 5.74) is 3.31. The van der Waals surface area contributed by atoms with E-state index in [9.17, 15) is 53.4 Å². The van der Waals surface area contributed by atoms with Crippen molar-refractivity contribution in [3.63, 3.8) is 0 Å². The maximum Gasteiger partial charge on any atom is 0.303 e. The van der Waals surface area contributed by atoms with Gasteiger partial charge in [-0.25, -0.2) is 0 Å². The Balaban J connectivity index is 0.000000269. The molecular weight excluding hydrogens is 1590 g/mol. The van der Waals surface area contributed by atoms with Crippen LogP contribution in [0.25, 0.3) is 0 Å². The second kappa shape index (κ2) is 48.7. The second-order valence-electron chi connectivity index (χ2n) is 29.3. The van der Waals surface area contributed by atoms with Crippen LogP contribution in [0.5, 0.6) is 0 Å². The number of thioether (sulfide) groups is 1. The van der Waals surface area contributed by atoms with Crippen LogP contribution >= 0.6 is 11.8 Å². The molecule has 10 unspecified atom stereocenters. The van der Waals surface area contributed by atoms with Crippen molar-refractivity contribution in [3.05, 3.63) is 174 Å². The maximum atomic E-state index is 12.6. The molecule has 0 spiro atoms. The minimum absolute atomic E-state index is 0.108. The molecule has 658 valence electrons. The van der Waals surface area contributed by atoms with E-state index in [0.29, 0.717) is 13.2 Å². The van der Waals surface area contributed by atoms with Crippen molar-refractivity contribution in [2.24, 2.45) is 17.8 Å². The van der Waals surface area contributed by atoms with Gasteiger partial charge in [-0.05, 0) is 41.3 Å². The minimum Gasteiger partial charge on any atom is -0.463 e. The van der Waals surface area contributed by atoms with Gasteiger partial charge in [0.15, 0.2) is 37.2 Å². The first kappa shape index (κ1) is 96.6. The zero-order valence-corrected chi connectivity index (χ0v) is 70.6. The topological polar surface area (TPSA) is 388 Å². The molecule has 0 amide bonds. The number of rotatable bonds is 33. The molecule has 0 saturated carbocycles. The van der Waals surface area contributed by atoms with Crippen molar-refractivity contribution in [1.82, 2.24) is 0 Å². The van der Waals surface area contributed by atoms with Gasteiger partial charge >= 0.3 is 53.7 Å². The number of methoxy groups -OCH3 is 1. The Morgan fingerprint density at radius 2 is 0.650 bits per heavy atom. The van der Waals surface area contributed by atoms with E-state index in [2.05, 4.69) is 0 Å². The lowest BCUT2D eigenvalue weighted by Gasteiger charge is -2.49. The van der Waals surface area contributed by atoms with Gasteiger partial charge in [0.05, 0.1) is 45.7 Å². The number of esters is 9. The Morgan fingerprint density at radius 3 is 1.03 bits per heavy atom. The molecule has 0 bridgehead atoms. The Hall–Kier alpha value is -8.88. The fraction of sp³-hybridized carbons (Fsp3) is 0.552. The van der Waals surface area contributed by atoms with Gasteiger partial charge in [-0.15, -0.1) is 0 Å². The highest BCUT2D eigenvalue weighted by atomic mass is 32.2. The van der Waals surface area contributed by atoms with Gasteiger partial charge in [0.1, 0.15) is 111 Å². The fourth-order valence-electron chi connectivity index (χ4n) is 14.2. The average Bonchev–Trinajstić information content (AvgIpc) is 0.943. The number of carbonyl (C=O) groups is 9. The molecule has 25 atom stereocenters. The third kappa shape index (κ3) is 29.7. The zero-order chi connectivity index (χ0) is 87.1. The van der Waals surface area contributed by atoms with Crippen LogP contribution in [0.3, 0.4) is 0 Å². The van der Waals surface area contributed by atoms with E-state index in [1.807, 2.05) is 166 Å². The SMILES string of the molecule is CC(=O)OCC1O[C@@H](OCC2O[C@H](C)C(OCc3ccccc3)[C@H](OCc3ccccc3)[C@@H]2O[C@@H]2OC(COC(C)=O)[C@@H](OC(C)=O)[C@H](OC(C)=O)C2C)C(C)[C@@H](OC(C)=O)[C@@H]1OC(C)=O.CC(=O)OCC1O[C@@H](Sc2ccccc2)C(C)[C@@H](OC(C)=O)[C@@H]1OC(C)=O.CO[C@H]1OC(CO)[C@H](O)[C@@H](OCc2ccccc2)C1OCc1ccccc1. The molecule has 5 aliphatic rings. The first-order valence-electron chi connectivity index (χ1n) is 39.5. The number of benzene rings is 5. The summed E-state index contributed by atoms with van der Waals surface area (Å²) in [6.07, 6.45) is -20.0. The molecule has 120 heavy (non-hydrogen) atoms. The highest BCUT2D eigenvalue weighted by Gasteiger charge is 2.56. The van der Waals surface area contributed by atoms with Gasteiger partial charge in [-0.3, -0.25) is 43.2 Å². The van der Waals surface area contributed by atoms with Crippen LogP contribution in [0.4, 0.5) is 0 Å². The average molecular weight is 1700 g/mol. The predicted molar refractivity (Wildman–Crippen MR) is 423 cm³/mol. The summed E-state index contributed by atoms with van der Waals surface area (Å²) in [4.78, 5) is 109. The third-order valence-electron chi connectivity index (χ3n) is 19.8. The van der Waals surface area contributed by atoms with Gasteiger partial charge in [-0.1, -0.05) is 172 Å². The van der Waals surface area contributed by atoms with E-state index in [0.717, 1.165) is 27.1 Å². The molecule has 0 aliphatic carbocycles. The highest BCUT2D eigenvalue weighted by molar-refractivity contribution is 7.99. The van der Waals surface area contributed by atoms with Crippen LogP contribution in [0.2, 0.25) is 0 Å². The summed E-state index contributed by atoms with van der Waals surface area (Å²) in [5, 5.41) is 20.2. The second-order valence-corrected chi connectivity index (χ2v) is 30.5. The largest absolute Gasteiger partial charge is 0.463 e. The van der Waals surface area contributed by atoms with E-state index in [1.54, 1.807) is 13.8 Å². The van der Waals surface area contributed by atoms with Crippen molar-refractivity contribution in [3.8, 4) is 0 Å². The molecule has 5 heterocycles. The standard InChI is InChI=1S/C47H62O19.C21H26O6.C19H24O7S/c1-25-39(60-30(6)50)42(62-32(8)52)37(22-54-28(4)48)64-46(25)58-24-36-44(66-47-26(2)40(61-31(7)51)43(63-33(9)53)38(65-47)23-55-29(5)49)45(57-21-35-18-14-11-15-19-35)41(27(3)59-36)56-20-34-16-12-10-13-17-34;1-24-21-20(26-14-16-10-6-3-7-11-16)19(18(23)17(12-22)27-21)25-13-15-8-4-2-5-9-15;1-11-17(24-13(3)21)18(25-14(4)22)16(10-23-12(2)20)26-19(11)27-15-8-6-5-7-9-15/h10-19,25-27,36-47H,20-24H2,1-9H3;2-11,17-23H,12-14H2,1H3;5-9,11,16-19H,10H2,1-4H3/t25?,26?,27-,36?,37?,38?,39-,40-,41?,42-,43-,44-,45+,46-,47+;17?,18-,19+,20?,21-;11?,16?,17-,18-,19+/m101/s1. The number of aliphatic hydroxyl groups excluding tert-OH is 2. The predicted octanol–water partition coefficient (Wildman–Crippen LogP) is 8.37. The molecule has 2 N–H and O–H groups in total. The first-order valence-corrected chi connectivity index (χ1v) is 40.4. The summed E-state index contributed by atoms with van der Waals surface area (Å²) in [7, 11) is 1.50. The van der Waals surface area contributed by atoms with Gasteiger partial charge < -0.3 is 110 Å². The van der Waals surface area contributed by atoms with Crippen LogP contribution < -0.4 is 0 Å². The Bertz CT molecular complexity index is 3980. The lowest BCUT2D eigenvalue weighted by atomic mass is 9.90. The highest BCUT2D eigenvalue weighted by Crippen LogP contribution is 2.42. The summed E-state index contributed by atoms with van der Waals surface area (Å²) in [5.74, 6) is -7.31. The summed E-state index contributed by atoms with van der Waals surface area (Å²) >= 11 is 1.47. The van der Waals surface area contributed by atoms with Gasteiger partial charge in [-0.2, -0.15) is 0 Å². The van der Waals surface area contributed by atoms with Gasteiger partial charge in [0, 0.05) is 92.1 Å². The molecule has 5 fully saturated rings. The Morgan fingerprint density at radius 1 is 0.325 bits per heavy atom. The third-order valence-corrected chi connectivity index (χ3v) is 21.1. The fourth-order valence-corrected chi connectivity index (χ4v) is 15.3. The molecule has 33 heteroatoms. The summed E-state index contributed by atoms with van der Waals surface area (Å²) in [6, 6.07) is 48.0. The molecule has 5 aliphatic heterocycles. The van der Waals surface area contributed by atoms with Crippen molar-refractivity contribution in [1.29, 1.82) is 0 Å². The van der Waals surface area contributed by atoms with Crippen molar-refractivity contribution < 1.29 is 153 Å². The van der Waals surface area contributed by atoms with E-state index in [1.165, 1.54) is 81.2 Å². The van der Waals surface area contributed by atoms with E-state index in [4.69, 9.17) is 99.5 Å². The quantitative estimate of drug-likeness (QED) is 0.0294. The Labute approximate surface area is 702 Å². The molecule has 5 saturated heterocycles. The van der Waals surface area contributed by atoms with Crippen molar-refractivity contribution in [2.45, 2.75) is 256 Å². The maximum absolute atomic E-state index is 12.6. The number of hydrogen-bond acceptors (Lipinski definition) is 33. The van der Waals surface area contributed by atoms with Crippen LogP contribution in [0, 0.1) is 17.8 Å². The van der Waals surface area contributed by atoms with E-state index < -0.39 is 194 Å². The van der Waals surface area contributed by atoms with E-state index >= 15 is 0 Å². The summed E-state index contributed by atoms with van der Waals surface area (Å²) < 4.78 is 125. The number of carbonyl (C=O) groups excluding carboxylic acids is 9. The first-order chi connectivity index (χ1) is 57.4. The molecule has 5 aromatic rings. The smallest absolute Gasteiger partial charge is 0.303 e. The van der Waals surface area contributed by atoms with Crippen LogP contribution in [-0.4, -0.2) is 238 Å². The Kier molecular flexibility index (Phi) is 39.2. The van der Waals surface area contributed by atoms with Crippen LogP contribution in [0.15, 0.2) is 157 Å². The summed E-state index contributed by atoms with van der Waals surface area (Å²) in [6.45, 7) is 17.6. The molecule has 5 aromatic carbocycles. The molecule has 0 radical (unpaired) electrons. The van der Waals surface area contributed by atoms with Crippen molar-refractivity contribution in [2.75, 3.05) is 40.1 Å². The van der Waals surface area contributed by atoms with Gasteiger partial charge in [0.2, 0.25) is 0 Å². The van der Waals surface area contributed by atoms with Crippen molar-refractivity contribution >= 4 is 65.5 Å². The lowest BCUT2D eigenvalue weighted by Crippen LogP contribution is -2.64. The lowest BCUT2D eigenvalue weighted by molar-refractivity contribution is -0.346. The number of aliphatic hydroxyl groups is 2. The number of ether oxygens (including phenoxy) is 21. The van der Waals surface area contributed by atoms with Crippen LogP contribution in [-0.2, 0) is 169 Å². The van der Waals surface area contributed by atoms with Gasteiger partial charge in [0.25, 0.3) is 0 Å². The normalized spacial score (nSPS) is 30.1. The molecule has 0 aromatic heterocycles.